The van der Waals surface area contributed by atoms with E-state index in [0.717, 1.165) is 25.1 Å². The Morgan fingerprint density at radius 1 is 1.36 bits per heavy atom. The second kappa shape index (κ2) is 5.36. The lowest BCUT2D eigenvalue weighted by atomic mass is 9.64. The van der Waals surface area contributed by atoms with Gasteiger partial charge in [0, 0.05) is 48.8 Å². The van der Waals surface area contributed by atoms with Crippen LogP contribution in [-0.2, 0) is 13.5 Å². The predicted octanol–water partition coefficient (Wildman–Crippen LogP) is 3.04. The molecule has 1 aromatic carbocycles. The monoisotopic (exact) mass is 338 g/mol. The first-order valence-electron chi connectivity index (χ1n) is 9.34. The Bertz CT molecular complexity index is 882. The van der Waals surface area contributed by atoms with Crippen molar-refractivity contribution in [2.45, 2.75) is 31.8 Å². The summed E-state index contributed by atoms with van der Waals surface area (Å²) in [5, 5.41) is 11.4. The minimum atomic E-state index is 0.291. The number of methoxy groups -OCH3 is 1. The second-order valence-corrected chi connectivity index (χ2v) is 7.82. The Morgan fingerprint density at radius 2 is 2.20 bits per heavy atom. The number of aliphatic hydroxyl groups excluding tert-OH is 1. The number of ether oxygens (including phenoxy) is 1. The van der Waals surface area contributed by atoms with Crippen molar-refractivity contribution in [2.24, 2.45) is 18.9 Å². The highest BCUT2D eigenvalue weighted by molar-refractivity contribution is 5.87. The fourth-order valence-corrected chi connectivity index (χ4v) is 5.86. The zero-order chi connectivity index (χ0) is 17.3. The fraction of sp³-hybridized carbons (Fsp3) is 0.524. The van der Waals surface area contributed by atoms with Crippen molar-refractivity contribution < 1.29 is 9.84 Å². The maximum Gasteiger partial charge on any atom is 0.119 e. The molecule has 1 N–H and O–H groups in total. The second-order valence-electron chi connectivity index (χ2n) is 7.82. The molecule has 4 aliphatic rings. The Hall–Kier alpha value is -1.78. The molecule has 5 heterocycles. The van der Waals surface area contributed by atoms with Crippen LogP contribution in [0.3, 0.4) is 0 Å². The third-order valence-electron chi connectivity index (χ3n) is 7.03. The van der Waals surface area contributed by atoms with Gasteiger partial charge in [-0.05, 0) is 49.4 Å². The molecule has 0 aliphatic carbocycles. The van der Waals surface area contributed by atoms with Gasteiger partial charge in [-0.2, -0.15) is 0 Å². The fourth-order valence-electron chi connectivity index (χ4n) is 5.86. The van der Waals surface area contributed by atoms with Crippen LogP contribution in [0.4, 0.5) is 0 Å². The largest absolute Gasteiger partial charge is 0.497 e. The minimum absolute atomic E-state index is 0.291. The maximum atomic E-state index is 10.1. The maximum absolute atomic E-state index is 10.1. The van der Waals surface area contributed by atoms with Crippen LogP contribution in [0.15, 0.2) is 29.8 Å². The van der Waals surface area contributed by atoms with Crippen LogP contribution in [-0.4, -0.2) is 40.9 Å². The van der Waals surface area contributed by atoms with E-state index in [2.05, 4.69) is 47.7 Å². The van der Waals surface area contributed by atoms with Crippen LogP contribution in [0.5, 0.6) is 5.75 Å². The smallest absolute Gasteiger partial charge is 0.119 e. The highest BCUT2D eigenvalue weighted by atomic mass is 16.5. The standard InChI is InChI=1S/C21H26N2O2/c1-4-12-10-23-19-9-16-15-7-13(25-3)5-6-18(15)22(2)21(16)20(23)8-14(12)17(19)11-24/h4-7,14,17,19-20,24H,8-11H2,1-3H3. The summed E-state index contributed by atoms with van der Waals surface area (Å²) < 4.78 is 7.87. The van der Waals surface area contributed by atoms with Crippen LogP contribution >= 0.6 is 0 Å². The Labute approximate surface area is 148 Å². The van der Waals surface area contributed by atoms with E-state index in [1.807, 2.05) is 0 Å². The van der Waals surface area contributed by atoms with E-state index in [1.165, 1.54) is 27.7 Å². The summed E-state index contributed by atoms with van der Waals surface area (Å²) in [5.74, 6) is 1.83. The molecule has 4 heteroatoms. The molecule has 3 fully saturated rings. The summed E-state index contributed by atoms with van der Waals surface area (Å²) in [5.41, 5.74) is 5.78. The first kappa shape index (κ1) is 15.5. The molecule has 5 atom stereocenters. The van der Waals surface area contributed by atoms with Gasteiger partial charge in [-0.15, -0.1) is 0 Å². The lowest BCUT2D eigenvalue weighted by Gasteiger charge is -2.58. The highest BCUT2D eigenvalue weighted by Crippen LogP contribution is 2.54. The molecular formula is C21H26N2O2. The molecule has 4 bridgehead atoms. The van der Waals surface area contributed by atoms with Gasteiger partial charge in [-0.25, -0.2) is 0 Å². The molecule has 0 spiro atoms. The lowest BCUT2D eigenvalue weighted by Crippen LogP contribution is -2.61. The van der Waals surface area contributed by atoms with Crippen molar-refractivity contribution in [2.75, 3.05) is 20.3 Å². The van der Waals surface area contributed by atoms with Gasteiger partial charge in [0.2, 0.25) is 0 Å². The summed E-state index contributed by atoms with van der Waals surface area (Å²) in [4.78, 5) is 2.66. The third-order valence-corrected chi connectivity index (χ3v) is 7.03. The molecule has 0 saturated carbocycles. The molecule has 132 valence electrons. The molecule has 0 radical (unpaired) electrons. The molecule has 5 unspecified atom stereocenters. The van der Waals surface area contributed by atoms with Crippen molar-refractivity contribution in [1.82, 2.24) is 9.47 Å². The number of fused-ring (bicyclic) bond motifs is 4. The number of benzene rings is 1. The van der Waals surface area contributed by atoms with E-state index in [9.17, 15) is 5.11 Å². The number of aromatic nitrogens is 1. The van der Waals surface area contributed by atoms with Crippen molar-refractivity contribution in [3.63, 3.8) is 0 Å². The van der Waals surface area contributed by atoms with Gasteiger partial charge in [0.25, 0.3) is 0 Å². The van der Waals surface area contributed by atoms with Crippen LogP contribution < -0.4 is 4.74 Å². The topological polar surface area (TPSA) is 37.6 Å². The number of piperidine rings is 3. The summed E-state index contributed by atoms with van der Waals surface area (Å²) in [6, 6.07) is 7.37. The third kappa shape index (κ3) is 1.90. The van der Waals surface area contributed by atoms with Gasteiger partial charge in [0.15, 0.2) is 0 Å². The quantitative estimate of drug-likeness (QED) is 0.855. The molecule has 4 aliphatic heterocycles. The van der Waals surface area contributed by atoms with E-state index in [-0.39, 0.29) is 0 Å². The number of nitrogens with zero attached hydrogens (tertiary/aromatic N) is 2. The number of hydrogen-bond donors (Lipinski definition) is 1. The molecular weight excluding hydrogens is 312 g/mol. The average molecular weight is 338 g/mol. The normalized spacial score (nSPS) is 34.6. The zero-order valence-electron chi connectivity index (χ0n) is 15.2. The van der Waals surface area contributed by atoms with Crippen molar-refractivity contribution in [3.8, 4) is 5.75 Å². The minimum Gasteiger partial charge on any atom is -0.497 e. The molecule has 2 aromatic rings. The molecule has 4 nitrogen and oxygen atoms in total. The van der Waals surface area contributed by atoms with E-state index in [4.69, 9.17) is 4.74 Å². The summed E-state index contributed by atoms with van der Waals surface area (Å²) in [6.45, 7) is 3.51. The number of aryl methyl sites for hydroxylation is 1. The van der Waals surface area contributed by atoms with E-state index in [0.29, 0.717) is 30.5 Å². The van der Waals surface area contributed by atoms with Gasteiger partial charge in [0.1, 0.15) is 5.75 Å². The highest BCUT2D eigenvalue weighted by Gasteiger charge is 2.52. The number of aliphatic hydroxyl groups is 1. The van der Waals surface area contributed by atoms with Gasteiger partial charge in [0.05, 0.1) is 13.2 Å². The first-order valence-corrected chi connectivity index (χ1v) is 9.34. The van der Waals surface area contributed by atoms with Crippen molar-refractivity contribution in [3.05, 3.63) is 41.1 Å². The van der Waals surface area contributed by atoms with Crippen LogP contribution in [0.1, 0.15) is 30.6 Å². The summed E-state index contributed by atoms with van der Waals surface area (Å²) in [7, 11) is 3.94. The van der Waals surface area contributed by atoms with Crippen LogP contribution in [0.25, 0.3) is 10.9 Å². The van der Waals surface area contributed by atoms with Gasteiger partial charge < -0.3 is 14.4 Å². The van der Waals surface area contributed by atoms with Gasteiger partial charge in [-0.3, -0.25) is 4.90 Å². The predicted molar refractivity (Wildman–Crippen MR) is 98.8 cm³/mol. The molecule has 3 saturated heterocycles. The van der Waals surface area contributed by atoms with E-state index >= 15 is 0 Å². The Morgan fingerprint density at radius 3 is 2.92 bits per heavy atom. The Kier molecular flexibility index (Phi) is 3.32. The SMILES string of the molecule is CC=C1CN2C3CC1C(CO)C2Cc1c3n(C)c2ccc(OC)cc12. The Balaban J connectivity index is 1.71. The summed E-state index contributed by atoms with van der Waals surface area (Å²) >= 11 is 0. The number of allylic oxidation sites excluding steroid dienone is 1. The van der Waals surface area contributed by atoms with E-state index in [1.54, 1.807) is 7.11 Å². The van der Waals surface area contributed by atoms with Gasteiger partial charge in [-0.1, -0.05) is 11.6 Å². The first-order chi connectivity index (χ1) is 12.2. The number of rotatable bonds is 2. The molecule has 6 rings (SSSR count). The van der Waals surface area contributed by atoms with Crippen LogP contribution in [0.2, 0.25) is 0 Å². The van der Waals surface area contributed by atoms with Crippen LogP contribution in [0, 0.1) is 11.8 Å². The zero-order valence-corrected chi connectivity index (χ0v) is 15.2. The molecule has 1 aromatic heterocycles. The van der Waals surface area contributed by atoms with Crippen molar-refractivity contribution in [1.29, 1.82) is 0 Å². The summed E-state index contributed by atoms with van der Waals surface area (Å²) in [6.07, 6.45) is 4.45. The van der Waals surface area contributed by atoms with Gasteiger partial charge >= 0.3 is 0 Å². The molecule has 0 amide bonds. The molecule has 25 heavy (non-hydrogen) atoms. The van der Waals surface area contributed by atoms with Crippen molar-refractivity contribution >= 4 is 10.9 Å². The van der Waals surface area contributed by atoms with E-state index < -0.39 is 0 Å². The lowest BCUT2D eigenvalue weighted by molar-refractivity contribution is -0.0513. The average Bonchev–Trinajstić information content (AvgIpc) is 2.93. The number of hydrogen-bond acceptors (Lipinski definition) is 3.